The van der Waals surface area contributed by atoms with Crippen molar-refractivity contribution in [3.8, 4) is 0 Å². The van der Waals surface area contributed by atoms with Gasteiger partial charge in [-0.25, -0.2) is 4.79 Å². The van der Waals surface area contributed by atoms with E-state index in [1.807, 2.05) is 19.1 Å². The number of benzene rings is 1. The maximum Gasteiger partial charge on any atom is 0.319 e. The van der Waals surface area contributed by atoms with Crippen LogP contribution in [-0.2, 0) is 0 Å². The van der Waals surface area contributed by atoms with Gasteiger partial charge in [-0.05, 0) is 50.9 Å². The third-order valence-electron chi connectivity index (χ3n) is 3.52. The predicted octanol–water partition coefficient (Wildman–Crippen LogP) is 2.85. The number of carbonyl (C=O) groups excluding carboxylic acids is 1. The summed E-state index contributed by atoms with van der Waals surface area (Å²) in [7, 11) is 0. The average molecular weight is 282 g/mol. The number of nitrogens with one attached hydrogen (secondary N) is 3. The molecule has 1 fully saturated rings. The van der Waals surface area contributed by atoms with Crippen molar-refractivity contribution >= 4 is 23.3 Å². The Hall–Kier alpha value is -1.26. The Bertz CT molecular complexity index is 432. The molecule has 0 radical (unpaired) electrons. The van der Waals surface area contributed by atoms with Gasteiger partial charge in [-0.3, -0.25) is 0 Å². The molecule has 1 saturated heterocycles. The molecule has 0 aliphatic carbocycles. The summed E-state index contributed by atoms with van der Waals surface area (Å²) in [4.78, 5) is 11.9. The lowest BCUT2D eigenvalue weighted by atomic mass is 9.93. The number of anilines is 1. The van der Waals surface area contributed by atoms with E-state index in [4.69, 9.17) is 11.6 Å². The van der Waals surface area contributed by atoms with E-state index in [1.54, 1.807) is 12.1 Å². The van der Waals surface area contributed by atoms with Gasteiger partial charge in [-0.15, -0.1) is 0 Å². The molecule has 0 saturated carbocycles. The molecule has 4 nitrogen and oxygen atoms in total. The van der Waals surface area contributed by atoms with E-state index in [2.05, 4.69) is 16.0 Å². The fourth-order valence-electron chi connectivity index (χ4n) is 2.35. The molecule has 5 heteroatoms. The molecule has 2 rings (SSSR count). The zero-order valence-electron chi connectivity index (χ0n) is 11.1. The number of amides is 2. The summed E-state index contributed by atoms with van der Waals surface area (Å²) < 4.78 is 0. The number of urea groups is 1. The zero-order chi connectivity index (χ0) is 13.7. The molecule has 104 valence electrons. The van der Waals surface area contributed by atoms with Crippen LogP contribution < -0.4 is 16.0 Å². The summed E-state index contributed by atoms with van der Waals surface area (Å²) in [6.45, 7) is 4.09. The fraction of sp³-hybridized carbons (Fsp3) is 0.500. The molecule has 1 aliphatic rings. The van der Waals surface area contributed by atoms with Crippen LogP contribution in [0.4, 0.5) is 10.5 Å². The van der Waals surface area contributed by atoms with Crippen LogP contribution in [-0.4, -0.2) is 25.2 Å². The van der Waals surface area contributed by atoms with Crippen molar-refractivity contribution in [1.82, 2.24) is 10.6 Å². The van der Waals surface area contributed by atoms with E-state index in [1.165, 1.54) is 6.42 Å². The highest BCUT2D eigenvalue weighted by atomic mass is 35.5. The van der Waals surface area contributed by atoms with Gasteiger partial charge in [0.15, 0.2) is 0 Å². The van der Waals surface area contributed by atoms with Crippen molar-refractivity contribution in [2.24, 2.45) is 5.92 Å². The Labute approximate surface area is 118 Å². The molecule has 2 amide bonds. The first-order valence-electron chi connectivity index (χ1n) is 6.69. The number of piperidine rings is 1. The molecule has 2 atom stereocenters. The van der Waals surface area contributed by atoms with E-state index >= 15 is 0 Å². The number of carbonyl (C=O) groups is 1. The highest BCUT2D eigenvalue weighted by Crippen LogP contribution is 2.20. The Morgan fingerprint density at radius 2 is 2.26 bits per heavy atom. The van der Waals surface area contributed by atoms with Crippen LogP contribution in [0, 0.1) is 5.92 Å². The zero-order valence-corrected chi connectivity index (χ0v) is 11.8. The first kappa shape index (κ1) is 14.2. The van der Waals surface area contributed by atoms with Gasteiger partial charge in [0.2, 0.25) is 0 Å². The van der Waals surface area contributed by atoms with Gasteiger partial charge >= 0.3 is 6.03 Å². The second-order valence-electron chi connectivity index (χ2n) is 4.97. The third-order valence-corrected chi connectivity index (χ3v) is 3.85. The van der Waals surface area contributed by atoms with Gasteiger partial charge in [0.1, 0.15) is 0 Å². The topological polar surface area (TPSA) is 53.2 Å². The van der Waals surface area contributed by atoms with Crippen LogP contribution in [0.5, 0.6) is 0 Å². The number of rotatable bonds is 3. The van der Waals surface area contributed by atoms with Crippen molar-refractivity contribution in [2.75, 3.05) is 18.4 Å². The second-order valence-corrected chi connectivity index (χ2v) is 5.38. The van der Waals surface area contributed by atoms with Gasteiger partial charge < -0.3 is 16.0 Å². The van der Waals surface area contributed by atoms with E-state index in [0.29, 0.717) is 16.6 Å². The summed E-state index contributed by atoms with van der Waals surface area (Å²) in [6, 6.07) is 7.17. The van der Waals surface area contributed by atoms with E-state index in [9.17, 15) is 4.79 Å². The molecule has 2 unspecified atom stereocenters. The minimum absolute atomic E-state index is 0.148. The molecular weight excluding hydrogens is 262 g/mol. The Morgan fingerprint density at radius 1 is 1.47 bits per heavy atom. The quantitative estimate of drug-likeness (QED) is 0.798. The Kier molecular flexibility index (Phi) is 5.05. The Balaban J connectivity index is 1.85. The van der Waals surface area contributed by atoms with Gasteiger partial charge in [0.25, 0.3) is 0 Å². The monoisotopic (exact) mass is 281 g/mol. The van der Waals surface area contributed by atoms with Crippen molar-refractivity contribution in [1.29, 1.82) is 0 Å². The smallest absolute Gasteiger partial charge is 0.319 e. The van der Waals surface area contributed by atoms with E-state index < -0.39 is 0 Å². The molecule has 1 aliphatic heterocycles. The number of hydrogen-bond donors (Lipinski definition) is 3. The van der Waals surface area contributed by atoms with Crippen LogP contribution in [0.1, 0.15) is 19.8 Å². The maximum absolute atomic E-state index is 11.9. The molecular formula is C14H20ClN3O. The van der Waals surface area contributed by atoms with Crippen LogP contribution in [0.25, 0.3) is 0 Å². The van der Waals surface area contributed by atoms with Gasteiger partial charge in [-0.1, -0.05) is 23.7 Å². The summed E-state index contributed by atoms with van der Waals surface area (Å²) in [5.41, 5.74) is 0.635. The third kappa shape index (κ3) is 4.11. The first-order valence-corrected chi connectivity index (χ1v) is 7.07. The highest BCUT2D eigenvalue weighted by molar-refractivity contribution is 6.33. The largest absolute Gasteiger partial charge is 0.335 e. The average Bonchev–Trinajstić information content (AvgIpc) is 2.42. The SMILES string of the molecule is CC(NC(=O)Nc1ccccc1Cl)C1CCCNC1. The van der Waals surface area contributed by atoms with Crippen LogP contribution in [0.2, 0.25) is 5.02 Å². The van der Waals surface area contributed by atoms with Crippen LogP contribution >= 0.6 is 11.6 Å². The molecule has 3 N–H and O–H groups in total. The van der Waals surface area contributed by atoms with Gasteiger partial charge in [0, 0.05) is 6.04 Å². The van der Waals surface area contributed by atoms with Crippen molar-refractivity contribution < 1.29 is 4.79 Å². The molecule has 1 aromatic rings. The minimum Gasteiger partial charge on any atom is -0.335 e. The maximum atomic E-state index is 11.9. The number of halogens is 1. The predicted molar refractivity (Wildman–Crippen MR) is 78.7 cm³/mol. The first-order chi connectivity index (χ1) is 9.16. The van der Waals surface area contributed by atoms with Crippen LogP contribution in [0.15, 0.2) is 24.3 Å². The lowest BCUT2D eigenvalue weighted by Gasteiger charge is -2.29. The lowest BCUT2D eigenvalue weighted by Crippen LogP contribution is -2.45. The molecule has 0 bridgehead atoms. The minimum atomic E-state index is -0.203. The van der Waals surface area contributed by atoms with E-state index in [0.717, 1.165) is 19.5 Å². The van der Waals surface area contributed by atoms with Gasteiger partial charge in [0.05, 0.1) is 10.7 Å². The standard InChI is InChI=1S/C14H20ClN3O/c1-10(11-5-4-8-16-9-11)17-14(19)18-13-7-3-2-6-12(13)15/h2-3,6-7,10-11,16H,4-5,8-9H2,1H3,(H2,17,18,19). The molecule has 19 heavy (non-hydrogen) atoms. The lowest BCUT2D eigenvalue weighted by molar-refractivity contribution is 0.238. The van der Waals surface area contributed by atoms with Gasteiger partial charge in [-0.2, -0.15) is 0 Å². The summed E-state index contributed by atoms with van der Waals surface area (Å²) >= 11 is 6.00. The van der Waals surface area contributed by atoms with Crippen molar-refractivity contribution in [3.05, 3.63) is 29.3 Å². The van der Waals surface area contributed by atoms with E-state index in [-0.39, 0.29) is 12.1 Å². The Morgan fingerprint density at radius 3 is 2.95 bits per heavy atom. The summed E-state index contributed by atoms with van der Waals surface area (Å²) in [6.07, 6.45) is 2.32. The molecule has 0 aromatic heterocycles. The fourth-order valence-corrected chi connectivity index (χ4v) is 2.53. The molecule has 1 aromatic carbocycles. The van der Waals surface area contributed by atoms with Crippen molar-refractivity contribution in [3.63, 3.8) is 0 Å². The van der Waals surface area contributed by atoms with Crippen LogP contribution in [0.3, 0.4) is 0 Å². The summed E-state index contributed by atoms with van der Waals surface area (Å²) in [5, 5.41) is 9.66. The van der Waals surface area contributed by atoms with Crippen molar-refractivity contribution in [2.45, 2.75) is 25.8 Å². The normalized spacial score (nSPS) is 20.6. The summed E-state index contributed by atoms with van der Waals surface area (Å²) in [5.74, 6) is 0.491. The molecule has 1 heterocycles. The second kappa shape index (κ2) is 6.78. The highest BCUT2D eigenvalue weighted by Gasteiger charge is 2.21. The number of hydrogen-bond acceptors (Lipinski definition) is 2. The molecule has 0 spiro atoms. The number of para-hydroxylation sites is 1.